The second kappa shape index (κ2) is 9.77. The minimum atomic E-state index is -3.32. The van der Waals surface area contributed by atoms with Crippen LogP contribution in [-0.2, 0) is 16.4 Å². The molecule has 0 radical (unpaired) electrons. The molecular formula is C18H29IN4O2S. The Hall–Kier alpha value is -1.03. The van der Waals surface area contributed by atoms with Crippen LogP contribution in [0.4, 0.5) is 5.69 Å². The first-order valence-corrected chi connectivity index (χ1v) is 10.8. The molecule has 1 aromatic carbocycles. The number of para-hydroxylation sites is 1. The van der Waals surface area contributed by atoms with E-state index in [1.807, 2.05) is 24.3 Å². The average Bonchev–Trinajstić information content (AvgIpc) is 3.06. The third-order valence-electron chi connectivity index (χ3n) is 5.00. The zero-order chi connectivity index (χ0) is 17.7. The van der Waals surface area contributed by atoms with Crippen molar-refractivity contribution >= 4 is 45.6 Å². The molecule has 6 nitrogen and oxygen atoms in total. The zero-order valence-electron chi connectivity index (χ0n) is 15.3. The van der Waals surface area contributed by atoms with Crippen molar-refractivity contribution in [1.82, 2.24) is 10.6 Å². The van der Waals surface area contributed by atoms with E-state index < -0.39 is 10.0 Å². The van der Waals surface area contributed by atoms with E-state index in [1.54, 1.807) is 11.4 Å². The highest BCUT2D eigenvalue weighted by molar-refractivity contribution is 14.0. The number of benzene rings is 1. The maximum absolute atomic E-state index is 12.7. The van der Waals surface area contributed by atoms with Crippen LogP contribution in [0.15, 0.2) is 29.3 Å². The van der Waals surface area contributed by atoms with Gasteiger partial charge in [0, 0.05) is 26.2 Å². The second-order valence-corrected chi connectivity index (χ2v) is 8.76. The summed E-state index contributed by atoms with van der Waals surface area (Å²) < 4.78 is 26.9. The summed E-state index contributed by atoms with van der Waals surface area (Å²) in [5.74, 6) is 0.760. The largest absolute Gasteiger partial charge is 0.355 e. The van der Waals surface area contributed by atoms with Crippen molar-refractivity contribution in [2.24, 2.45) is 4.99 Å². The van der Waals surface area contributed by atoms with Crippen LogP contribution in [0, 0.1) is 0 Å². The van der Waals surface area contributed by atoms with E-state index in [-0.39, 0.29) is 29.7 Å². The number of sulfonamides is 1. The summed E-state index contributed by atoms with van der Waals surface area (Å²) in [5.41, 5.74) is 1.93. The van der Waals surface area contributed by atoms with Crippen LogP contribution in [0.3, 0.4) is 0 Å². The van der Waals surface area contributed by atoms with Crippen molar-refractivity contribution in [2.45, 2.75) is 44.6 Å². The molecule has 2 aliphatic rings. The molecule has 0 aromatic heterocycles. The van der Waals surface area contributed by atoms with Crippen LogP contribution < -0.4 is 14.9 Å². The van der Waals surface area contributed by atoms with Crippen molar-refractivity contribution in [3.8, 4) is 0 Å². The number of hydrogen-bond donors (Lipinski definition) is 2. The highest BCUT2D eigenvalue weighted by Gasteiger charge is 2.28. The summed E-state index contributed by atoms with van der Waals surface area (Å²) in [6, 6.07) is 8.18. The Kier molecular flexibility index (Phi) is 8.00. The van der Waals surface area contributed by atoms with Gasteiger partial charge in [-0.05, 0) is 30.9 Å². The Bertz CT molecular complexity index is 718. The number of guanidine groups is 1. The zero-order valence-corrected chi connectivity index (χ0v) is 18.4. The van der Waals surface area contributed by atoms with Gasteiger partial charge in [-0.2, -0.15) is 0 Å². The molecular weight excluding hydrogens is 463 g/mol. The van der Waals surface area contributed by atoms with Gasteiger partial charge in [0.1, 0.15) is 0 Å². The third kappa shape index (κ3) is 5.25. The van der Waals surface area contributed by atoms with Crippen LogP contribution in [0.25, 0.3) is 0 Å². The molecule has 8 heteroatoms. The Morgan fingerprint density at radius 3 is 2.69 bits per heavy atom. The number of nitrogens with zero attached hydrogens (tertiary/aromatic N) is 2. The van der Waals surface area contributed by atoms with Gasteiger partial charge >= 0.3 is 0 Å². The molecule has 0 saturated heterocycles. The van der Waals surface area contributed by atoms with Gasteiger partial charge in [0.2, 0.25) is 10.0 Å². The third-order valence-corrected chi connectivity index (χ3v) is 6.77. The molecule has 1 fully saturated rings. The first kappa shape index (κ1) is 21.3. The molecule has 1 aliphatic carbocycles. The minimum absolute atomic E-state index is 0. The fourth-order valence-corrected chi connectivity index (χ4v) is 5.07. The summed E-state index contributed by atoms with van der Waals surface area (Å²) >= 11 is 0. The summed E-state index contributed by atoms with van der Waals surface area (Å²) in [4.78, 5) is 4.22. The molecule has 1 aliphatic heterocycles. The van der Waals surface area contributed by atoms with Gasteiger partial charge in [0.05, 0.1) is 11.4 Å². The lowest BCUT2D eigenvalue weighted by atomic mass is 9.96. The molecule has 26 heavy (non-hydrogen) atoms. The molecule has 1 saturated carbocycles. The molecule has 0 unspecified atom stereocenters. The quantitative estimate of drug-likeness (QED) is 0.377. The standard InChI is InChI=1S/C18H28N4O2S.HI/c1-19-18(21-16-8-3-2-4-9-16)20-12-14-25(23,24)22-13-11-15-7-5-6-10-17(15)22;/h5-7,10,16H,2-4,8-9,11-14H2,1H3,(H2,19,20,21);1H. The van der Waals surface area contributed by atoms with E-state index >= 15 is 0 Å². The first-order valence-electron chi connectivity index (χ1n) is 9.15. The molecule has 1 heterocycles. The van der Waals surface area contributed by atoms with E-state index in [9.17, 15) is 8.42 Å². The van der Waals surface area contributed by atoms with Gasteiger partial charge in [-0.15, -0.1) is 24.0 Å². The van der Waals surface area contributed by atoms with E-state index in [0.29, 0.717) is 25.1 Å². The van der Waals surface area contributed by atoms with Gasteiger partial charge in [0.15, 0.2) is 5.96 Å². The smallest absolute Gasteiger partial charge is 0.236 e. The van der Waals surface area contributed by atoms with E-state index in [0.717, 1.165) is 30.5 Å². The summed E-state index contributed by atoms with van der Waals surface area (Å²) in [6.07, 6.45) is 6.90. The SMILES string of the molecule is CN=C(NCCS(=O)(=O)N1CCc2ccccc21)NC1CCCCC1.I. The van der Waals surface area contributed by atoms with E-state index in [1.165, 1.54) is 19.3 Å². The lowest BCUT2D eigenvalue weighted by molar-refractivity contribution is 0.410. The number of anilines is 1. The predicted octanol–water partition coefficient (Wildman–Crippen LogP) is 2.49. The monoisotopic (exact) mass is 492 g/mol. The molecule has 1 aromatic rings. The van der Waals surface area contributed by atoms with Crippen molar-refractivity contribution < 1.29 is 8.42 Å². The number of hydrogen-bond acceptors (Lipinski definition) is 3. The normalized spacial score (nSPS) is 18.2. The van der Waals surface area contributed by atoms with Crippen molar-refractivity contribution in [1.29, 1.82) is 0 Å². The molecule has 0 spiro atoms. The molecule has 3 rings (SSSR count). The topological polar surface area (TPSA) is 73.8 Å². The van der Waals surface area contributed by atoms with Crippen LogP contribution in [-0.4, -0.2) is 46.3 Å². The lowest BCUT2D eigenvalue weighted by Gasteiger charge is -2.25. The van der Waals surface area contributed by atoms with Gasteiger partial charge in [-0.1, -0.05) is 37.5 Å². The van der Waals surface area contributed by atoms with Crippen molar-refractivity contribution in [3.05, 3.63) is 29.8 Å². The van der Waals surface area contributed by atoms with Crippen molar-refractivity contribution in [2.75, 3.05) is 30.2 Å². The summed E-state index contributed by atoms with van der Waals surface area (Å²) in [5, 5.41) is 6.56. The van der Waals surface area contributed by atoms with Crippen LogP contribution in [0.2, 0.25) is 0 Å². The highest BCUT2D eigenvalue weighted by Crippen LogP contribution is 2.29. The molecule has 0 atom stereocenters. The van der Waals surface area contributed by atoms with E-state index in [2.05, 4.69) is 15.6 Å². The van der Waals surface area contributed by atoms with Gasteiger partial charge in [-0.3, -0.25) is 9.30 Å². The fourth-order valence-electron chi connectivity index (χ4n) is 3.64. The molecule has 2 N–H and O–H groups in total. The Labute approximate surface area is 173 Å². The van der Waals surface area contributed by atoms with Crippen LogP contribution in [0.5, 0.6) is 0 Å². The summed E-state index contributed by atoms with van der Waals surface area (Å²) in [6.45, 7) is 0.893. The lowest BCUT2D eigenvalue weighted by Crippen LogP contribution is -2.46. The number of halogens is 1. The predicted molar refractivity (Wildman–Crippen MR) is 118 cm³/mol. The molecule has 146 valence electrons. The number of rotatable bonds is 5. The fraction of sp³-hybridized carbons (Fsp3) is 0.611. The number of fused-ring (bicyclic) bond motifs is 1. The maximum atomic E-state index is 12.7. The van der Waals surface area contributed by atoms with Crippen LogP contribution in [0.1, 0.15) is 37.7 Å². The van der Waals surface area contributed by atoms with Crippen LogP contribution >= 0.6 is 24.0 Å². The Morgan fingerprint density at radius 1 is 1.23 bits per heavy atom. The second-order valence-electron chi connectivity index (χ2n) is 6.75. The Morgan fingerprint density at radius 2 is 1.96 bits per heavy atom. The van der Waals surface area contributed by atoms with Gasteiger partial charge < -0.3 is 10.6 Å². The number of aliphatic imine (C=N–C) groups is 1. The molecule has 0 amide bonds. The van der Waals surface area contributed by atoms with Gasteiger partial charge in [-0.25, -0.2) is 8.42 Å². The maximum Gasteiger partial charge on any atom is 0.236 e. The number of nitrogens with one attached hydrogen (secondary N) is 2. The average molecular weight is 492 g/mol. The Balaban J connectivity index is 0.00000243. The summed E-state index contributed by atoms with van der Waals surface area (Å²) in [7, 11) is -1.60. The van der Waals surface area contributed by atoms with Gasteiger partial charge in [0.25, 0.3) is 0 Å². The highest BCUT2D eigenvalue weighted by atomic mass is 127. The van der Waals surface area contributed by atoms with E-state index in [4.69, 9.17) is 0 Å². The first-order chi connectivity index (χ1) is 12.1. The molecule has 0 bridgehead atoms. The minimum Gasteiger partial charge on any atom is -0.355 e. The van der Waals surface area contributed by atoms with Crippen molar-refractivity contribution in [3.63, 3.8) is 0 Å².